The van der Waals surface area contributed by atoms with Crippen LogP contribution in [0.15, 0.2) is 76.1 Å². The third-order valence-corrected chi connectivity index (χ3v) is 9.86. The van der Waals surface area contributed by atoms with Gasteiger partial charge in [0.2, 0.25) is 15.9 Å². The van der Waals surface area contributed by atoms with E-state index in [1.165, 1.54) is 23.3 Å². The second-order valence-electron chi connectivity index (χ2n) is 11.8. The topological polar surface area (TPSA) is 102 Å². The Hall–Kier alpha value is -2.92. The summed E-state index contributed by atoms with van der Waals surface area (Å²) in [7, 11) is -4.20. The number of carbonyl (C=O) groups is 2. The Kier molecular flexibility index (Phi) is 11.5. The van der Waals surface area contributed by atoms with E-state index in [-0.39, 0.29) is 29.5 Å². The molecule has 8 nitrogen and oxygen atoms in total. The van der Waals surface area contributed by atoms with Crippen LogP contribution in [0.1, 0.15) is 50.3 Å². The molecule has 1 N–H and O–H groups in total. The van der Waals surface area contributed by atoms with E-state index in [0.717, 1.165) is 29.1 Å². The first-order valence-corrected chi connectivity index (χ1v) is 17.2. The summed E-state index contributed by atoms with van der Waals surface area (Å²) in [5, 5.41) is 2.89. The molecule has 0 bridgehead atoms. The summed E-state index contributed by atoms with van der Waals surface area (Å²) in [4.78, 5) is 26.0. The Morgan fingerprint density at radius 1 is 1.02 bits per heavy atom. The maximum Gasteiger partial charge on any atom is 0.308 e. The molecule has 4 rings (SSSR count). The summed E-state index contributed by atoms with van der Waals surface area (Å²) in [5.74, 6) is -0.383. The number of nitrogens with one attached hydrogen (secondary N) is 1. The largest absolute Gasteiger partial charge is 0.492 e. The number of sulfonamides is 1. The molecule has 3 aromatic carbocycles. The lowest BCUT2D eigenvalue weighted by atomic mass is 10.0. The molecule has 11 heteroatoms. The predicted octanol–water partition coefficient (Wildman–Crippen LogP) is 6.12. The summed E-state index contributed by atoms with van der Waals surface area (Å²) in [6.07, 6.45) is 3.42. The minimum Gasteiger partial charge on any atom is -0.492 e. The van der Waals surface area contributed by atoms with Gasteiger partial charge in [0.15, 0.2) is 0 Å². The van der Waals surface area contributed by atoms with Crippen molar-refractivity contribution in [2.45, 2.75) is 69.4 Å². The molecule has 0 aromatic heterocycles. The van der Waals surface area contributed by atoms with E-state index in [0.29, 0.717) is 16.6 Å². The average Bonchev–Trinajstić information content (AvgIpc) is 3.40. The number of ether oxygens (including phenoxy) is 2. The van der Waals surface area contributed by atoms with E-state index < -0.39 is 40.1 Å². The van der Waals surface area contributed by atoms with Crippen LogP contribution in [0, 0.1) is 0 Å². The third-order valence-electron chi connectivity index (χ3n) is 7.03. The number of hydrogen-bond acceptors (Lipinski definition) is 6. The SMILES string of the molecule is CC(C)(C)OC(=O)C[C@H](Cc1ccccc1)NC(=O)CN(CCOc1ccc2c(c1)CCC2)S(=O)(=O)c1ccc(Br)cc1Cl. The second kappa shape index (κ2) is 14.9. The number of hydrogen-bond donors (Lipinski definition) is 1. The number of aryl methyl sites for hydroxylation is 2. The van der Waals surface area contributed by atoms with Crippen molar-refractivity contribution in [3.8, 4) is 5.75 Å². The highest BCUT2D eigenvalue weighted by Gasteiger charge is 2.30. The molecule has 0 saturated heterocycles. The fraction of sp³-hybridized carbons (Fsp3) is 0.394. The molecule has 0 aliphatic heterocycles. The van der Waals surface area contributed by atoms with Crippen LogP contribution in [0.3, 0.4) is 0 Å². The Morgan fingerprint density at radius 3 is 2.45 bits per heavy atom. The van der Waals surface area contributed by atoms with Gasteiger partial charge in [0.25, 0.3) is 0 Å². The first kappa shape index (κ1) is 34.0. The summed E-state index contributed by atoms with van der Waals surface area (Å²) in [5.41, 5.74) is 2.77. The van der Waals surface area contributed by atoms with Gasteiger partial charge in [0.05, 0.1) is 18.0 Å². The molecule has 0 unspecified atom stereocenters. The molecular weight excluding hydrogens is 668 g/mol. The molecule has 0 radical (unpaired) electrons. The van der Waals surface area contributed by atoms with Crippen molar-refractivity contribution < 1.29 is 27.5 Å². The summed E-state index contributed by atoms with van der Waals surface area (Å²) in [6.45, 7) is 4.74. The number of nitrogens with zero attached hydrogens (tertiary/aromatic N) is 1. The predicted molar refractivity (Wildman–Crippen MR) is 174 cm³/mol. The normalized spacial score (nSPS) is 13.8. The Balaban J connectivity index is 1.52. The van der Waals surface area contributed by atoms with Crippen molar-refractivity contribution in [3.63, 3.8) is 0 Å². The van der Waals surface area contributed by atoms with E-state index in [1.54, 1.807) is 26.8 Å². The smallest absolute Gasteiger partial charge is 0.308 e. The van der Waals surface area contributed by atoms with Crippen LogP contribution >= 0.6 is 27.5 Å². The van der Waals surface area contributed by atoms with Gasteiger partial charge in [-0.25, -0.2) is 8.42 Å². The number of esters is 1. The number of fused-ring (bicyclic) bond motifs is 1. The fourth-order valence-electron chi connectivity index (χ4n) is 5.10. The molecule has 44 heavy (non-hydrogen) atoms. The van der Waals surface area contributed by atoms with Crippen molar-refractivity contribution in [2.75, 3.05) is 19.7 Å². The van der Waals surface area contributed by atoms with Crippen molar-refractivity contribution in [3.05, 3.63) is 92.9 Å². The molecular formula is C33H38BrClN2O6S. The Labute approximate surface area is 273 Å². The van der Waals surface area contributed by atoms with Crippen LogP contribution in [0.25, 0.3) is 0 Å². The standard InChI is InChI=1S/C33H38BrClN2O6S/c1-33(2,3)43-32(39)21-27(18-23-8-5-4-6-9-23)36-31(38)22-37(44(40,41)30-15-13-26(34)20-29(30)35)16-17-42-28-14-12-24-10-7-11-25(24)19-28/h4-6,8-9,12-15,19-20,27H,7,10-11,16-18,21-22H2,1-3H3,(H,36,38)/t27-/m0/s1. The number of halogens is 2. The van der Waals surface area contributed by atoms with Crippen molar-refractivity contribution in [2.24, 2.45) is 0 Å². The molecule has 0 fully saturated rings. The molecule has 3 aromatic rings. The Morgan fingerprint density at radius 2 is 1.75 bits per heavy atom. The summed E-state index contributed by atoms with van der Waals surface area (Å²) >= 11 is 9.65. The minimum atomic E-state index is -4.20. The molecule has 1 atom stereocenters. The monoisotopic (exact) mass is 704 g/mol. The fourth-order valence-corrected chi connectivity index (χ4v) is 7.49. The lowest BCUT2D eigenvalue weighted by Gasteiger charge is -2.25. The van der Waals surface area contributed by atoms with Crippen LogP contribution in [0.4, 0.5) is 0 Å². The third kappa shape index (κ3) is 9.79. The van der Waals surface area contributed by atoms with Gasteiger partial charge in [0, 0.05) is 17.1 Å². The van der Waals surface area contributed by atoms with Gasteiger partial charge >= 0.3 is 5.97 Å². The van der Waals surface area contributed by atoms with E-state index in [4.69, 9.17) is 21.1 Å². The highest BCUT2D eigenvalue weighted by molar-refractivity contribution is 9.10. The number of benzene rings is 3. The first-order chi connectivity index (χ1) is 20.8. The highest BCUT2D eigenvalue weighted by atomic mass is 79.9. The molecule has 0 saturated carbocycles. The number of amides is 1. The van der Waals surface area contributed by atoms with Crippen LogP contribution in [-0.2, 0) is 43.6 Å². The molecule has 0 spiro atoms. The molecule has 236 valence electrons. The van der Waals surface area contributed by atoms with Crippen LogP contribution in [0.5, 0.6) is 5.75 Å². The number of rotatable bonds is 13. The van der Waals surface area contributed by atoms with Crippen LogP contribution < -0.4 is 10.1 Å². The summed E-state index contributed by atoms with van der Waals surface area (Å²) in [6, 6.07) is 19.2. The van der Waals surface area contributed by atoms with Gasteiger partial charge in [0.1, 0.15) is 22.9 Å². The van der Waals surface area contributed by atoms with Crippen LogP contribution in [-0.4, -0.2) is 55.9 Å². The van der Waals surface area contributed by atoms with Crippen molar-refractivity contribution >= 4 is 49.4 Å². The zero-order valence-electron chi connectivity index (χ0n) is 25.1. The maximum absolute atomic E-state index is 13.8. The van der Waals surface area contributed by atoms with E-state index in [2.05, 4.69) is 21.2 Å². The average molecular weight is 706 g/mol. The zero-order chi connectivity index (χ0) is 31.9. The number of carbonyl (C=O) groups excluding carboxylic acids is 2. The van der Waals surface area contributed by atoms with Gasteiger partial charge in [-0.05, 0) is 93.5 Å². The van der Waals surface area contributed by atoms with Gasteiger partial charge in [-0.15, -0.1) is 0 Å². The van der Waals surface area contributed by atoms with Crippen molar-refractivity contribution in [1.29, 1.82) is 0 Å². The first-order valence-electron chi connectivity index (χ1n) is 14.5. The minimum absolute atomic E-state index is 0.0186. The molecule has 1 aliphatic carbocycles. The maximum atomic E-state index is 13.8. The molecule has 0 heterocycles. The van der Waals surface area contributed by atoms with Crippen molar-refractivity contribution in [1.82, 2.24) is 9.62 Å². The Bertz CT molecular complexity index is 1580. The summed E-state index contributed by atoms with van der Waals surface area (Å²) < 4.78 is 40.8. The van der Waals surface area contributed by atoms with E-state index >= 15 is 0 Å². The van der Waals surface area contributed by atoms with Gasteiger partial charge in [-0.2, -0.15) is 4.31 Å². The highest BCUT2D eigenvalue weighted by Crippen LogP contribution is 2.29. The molecule has 1 amide bonds. The zero-order valence-corrected chi connectivity index (χ0v) is 28.3. The van der Waals surface area contributed by atoms with Crippen LogP contribution in [0.2, 0.25) is 5.02 Å². The second-order valence-corrected chi connectivity index (χ2v) is 15.0. The van der Waals surface area contributed by atoms with Gasteiger partial charge < -0.3 is 14.8 Å². The lowest BCUT2D eigenvalue weighted by Crippen LogP contribution is -2.47. The van der Waals surface area contributed by atoms with E-state index in [9.17, 15) is 18.0 Å². The van der Waals surface area contributed by atoms with E-state index in [1.807, 2.05) is 48.5 Å². The quantitative estimate of drug-likeness (QED) is 0.215. The van der Waals surface area contributed by atoms with Gasteiger partial charge in [-0.1, -0.05) is 63.9 Å². The lowest BCUT2D eigenvalue weighted by molar-refractivity contribution is -0.155. The molecule has 1 aliphatic rings. The van der Waals surface area contributed by atoms with Gasteiger partial charge in [-0.3, -0.25) is 9.59 Å².